The average Bonchev–Trinajstić information content (AvgIpc) is 2.80. The lowest BCUT2D eigenvalue weighted by molar-refractivity contribution is -0.154. The van der Waals surface area contributed by atoms with Gasteiger partial charge in [-0.05, 0) is 54.0 Å². The van der Waals surface area contributed by atoms with Gasteiger partial charge in [-0.25, -0.2) is 0 Å². The molecular formula is C27H27NO3. The van der Waals surface area contributed by atoms with E-state index in [1.54, 1.807) is 6.92 Å². The number of benzene rings is 3. The van der Waals surface area contributed by atoms with Crippen LogP contribution in [0.2, 0.25) is 0 Å². The van der Waals surface area contributed by atoms with E-state index >= 15 is 0 Å². The Hall–Kier alpha value is -3.40. The number of carbonyl (C=O) groups excluding carboxylic acids is 2. The van der Waals surface area contributed by atoms with Crippen molar-refractivity contribution in [1.82, 2.24) is 5.32 Å². The van der Waals surface area contributed by atoms with E-state index < -0.39 is 12.1 Å². The van der Waals surface area contributed by atoms with Crippen molar-refractivity contribution in [1.29, 1.82) is 0 Å². The van der Waals surface area contributed by atoms with Crippen LogP contribution in [0.3, 0.4) is 0 Å². The van der Waals surface area contributed by atoms with Crippen molar-refractivity contribution in [3.63, 3.8) is 0 Å². The Kier molecular flexibility index (Phi) is 6.46. The lowest BCUT2D eigenvalue weighted by atomic mass is 9.87. The third kappa shape index (κ3) is 5.21. The van der Waals surface area contributed by atoms with Gasteiger partial charge in [0.25, 0.3) is 5.91 Å². The third-order valence-electron chi connectivity index (χ3n) is 5.77. The second kappa shape index (κ2) is 9.61. The van der Waals surface area contributed by atoms with Crippen molar-refractivity contribution in [2.75, 3.05) is 0 Å². The van der Waals surface area contributed by atoms with Gasteiger partial charge in [-0.2, -0.15) is 0 Å². The first kappa shape index (κ1) is 20.9. The van der Waals surface area contributed by atoms with E-state index in [9.17, 15) is 9.59 Å². The smallest absolute Gasteiger partial charge is 0.311 e. The fraction of sp³-hybridized carbons (Fsp3) is 0.259. The molecule has 4 nitrogen and oxygen atoms in total. The van der Waals surface area contributed by atoms with Gasteiger partial charge in [0.05, 0.1) is 12.5 Å². The number of carbonyl (C=O) groups is 2. The van der Waals surface area contributed by atoms with E-state index in [4.69, 9.17) is 4.74 Å². The van der Waals surface area contributed by atoms with Crippen molar-refractivity contribution in [2.45, 2.75) is 44.8 Å². The third-order valence-corrected chi connectivity index (χ3v) is 5.77. The molecular weight excluding hydrogens is 386 g/mol. The first-order valence-electron chi connectivity index (χ1n) is 10.8. The Labute approximate surface area is 183 Å². The number of ether oxygens (including phenoxy) is 1. The molecule has 2 unspecified atom stereocenters. The molecule has 0 aliphatic heterocycles. The number of nitrogens with one attached hydrogen (secondary N) is 1. The van der Waals surface area contributed by atoms with Gasteiger partial charge in [0.15, 0.2) is 6.10 Å². The molecule has 0 fully saturated rings. The fourth-order valence-electron chi connectivity index (χ4n) is 4.10. The average molecular weight is 414 g/mol. The Morgan fingerprint density at radius 3 is 2.39 bits per heavy atom. The van der Waals surface area contributed by atoms with Crippen LogP contribution >= 0.6 is 0 Å². The monoisotopic (exact) mass is 413 g/mol. The summed E-state index contributed by atoms with van der Waals surface area (Å²) in [6, 6.07) is 26.1. The molecule has 4 heteroatoms. The Balaban J connectivity index is 1.31. The number of hydrogen-bond donors (Lipinski definition) is 1. The van der Waals surface area contributed by atoms with Crippen LogP contribution in [0, 0.1) is 0 Å². The zero-order chi connectivity index (χ0) is 21.6. The largest absolute Gasteiger partial charge is 0.452 e. The van der Waals surface area contributed by atoms with Crippen LogP contribution in [0.15, 0.2) is 78.9 Å². The molecule has 0 heterocycles. The Morgan fingerprint density at radius 1 is 0.935 bits per heavy atom. The Bertz CT molecular complexity index is 1040. The van der Waals surface area contributed by atoms with E-state index in [2.05, 4.69) is 17.4 Å². The molecule has 1 N–H and O–H groups in total. The van der Waals surface area contributed by atoms with Crippen molar-refractivity contribution in [2.24, 2.45) is 0 Å². The van der Waals surface area contributed by atoms with Crippen LogP contribution in [-0.2, 0) is 27.2 Å². The van der Waals surface area contributed by atoms with Gasteiger partial charge in [0.1, 0.15) is 0 Å². The minimum atomic E-state index is -0.829. The molecule has 0 saturated heterocycles. The SMILES string of the molecule is CC(OC(=O)Cc1ccc(-c2ccccc2)cc1)C(=O)NC1CCCc2ccccc21. The fourth-order valence-corrected chi connectivity index (χ4v) is 4.10. The molecule has 1 amide bonds. The van der Waals surface area contributed by atoms with Gasteiger partial charge < -0.3 is 10.1 Å². The summed E-state index contributed by atoms with van der Waals surface area (Å²) in [7, 11) is 0. The summed E-state index contributed by atoms with van der Waals surface area (Å²) >= 11 is 0. The van der Waals surface area contributed by atoms with Crippen molar-refractivity contribution in [3.05, 3.63) is 95.6 Å². The minimum Gasteiger partial charge on any atom is -0.452 e. The summed E-state index contributed by atoms with van der Waals surface area (Å²) < 4.78 is 5.41. The summed E-state index contributed by atoms with van der Waals surface area (Å²) in [4.78, 5) is 25.0. The van der Waals surface area contributed by atoms with Gasteiger partial charge in [-0.15, -0.1) is 0 Å². The highest BCUT2D eigenvalue weighted by Gasteiger charge is 2.25. The molecule has 31 heavy (non-hydrogen) atoms. The highest BCUT2D eigenvalue weighted by atomic mass is 16.5. The summed E-state index contributed by atoms with van der Waals surface area (Å²) in [5, 5.41) is 3.05. The van der Waals surface area contributed by atoms with Crippen molar-refractivity contribution < 1.29 is 14.3 Å². The van der Waals surface area contributed by atoms with E-state index in [1.807, 2.05) is 66.7 Å². The second-order valence-electron chi connectivity index (χ2n) is 8.02. The van der Waals surface area contributed by atoms with Gasteiger partial charge >= 0.3 is 5.97 Å². The number of esters is 1. The molecule has 0 radical (unpaired) electrons. The van der Waals surface area contributed by atoms with Crippen LogP contribution in [0.1, 0.15) is 42.5 Å². The van der Waals surface area contributed by atoms with Gasteiger partial charge in [-0.3, -0.25) is 9.59 Å². The standard InChI is InChI=1S/C27H27NO3/c1-19(27(30)28-25-13-7-11-23-10-5-6-12-24(23)25)31-26(29)18-20-14-16-22(17-15-20)21-8-3-2-4-9-21/h2-6,8-10,12,14-17,19,25H,7,11,13,18H2,1H3,(H,28,30). The zero-order valence-electron chi connectivity index (χ0n) is 17.7. The van der Waals surface area contributed by atoms with Crippen LogP contribution in [0.4, 0.5) is 0 Å². The highest BCUT2D eigenvalue weighted by Crippen LogP contribution is 2.29. The summed E-state index contributed by atoms with van der Waals surface area (Å²) in [5.41, 5.74) is 5.53. The quantitative estimate of drug-likeness (QED) is 0.577. The lowest BCUT2D eigenvalue weighted by Gasteiger charge is -2.27. The molecule has 3 aromatic rings. The van der Waals surface area contributed by atoms with E-state index in [-0.39, 0.29) is 18.4 Å². The molecule has 0 spiro atoms. The minimum absolute atomic E-state index is 0.0240. The number of hydrogen-bond acceptors (Lipinski definition) is 3. The molecule has 0 bridgehead atoms. The summed E-state index contributed by atoms with van der Waals surface area (Å²) in [6.45, 7) is 1.63. The van der Waals surface area contributed by atoms with Gasteiger partial charge in [0, 0.05) is 0 Å². The maximum absolute atomic E-state index is 12.6. The number of amides is 1. The molecule has 1 aliphatic rings. The van der Waals surface area contributed by atoms with Crippen LogP contribution in [-0.4, -0.2) is 18.0 Å². The van der Waals surface area contributed by atoms with Gasteiger partial charge in [-0.1, -0.05) is 78.9 Å². The van der Waals surface area contributed by atoms with E-state index in [0.717, 1.165) is 36.0 Å². The summed E-state index contributed by atoms with van der Waals surface area (Å²) in [5.74, 6) is -0.659. The van der Waals surface area contributed by atoms with Gasteiger partial charge in [0.2, 0.25) is 0 Å². The normalized spacial score (nSPS) is 16.1. The number of fused-ring (bicyclic) bond motifs is 1. The predicted octanol–water partition coefficient (Wildman–Crippen LogP) is 5.02. The molecule has 0 saturated carbocycles. The van der Waals surface area contributed by atoms with Crippen LogP contribution in [0.5, 0.6) is 0 Å². The zero-order valence-corrected chi connectivity index (χ0v) is 17.7. The first-order valence-corrected chi connectivity index (χ1v) is 10.8. The maximum Gasteiger partial charge on any atom is 0.311 e. The molecule has 1 aliphatic carbocycles. The first-order chi connectivity index (χ1) is 15.1. The summed E-state index contributed by atoms with van der Waals surface area (Å²) in [6.07, 6.45) is 2.28. The molecule has 0 aromatic heterocycles. The Morgan fingerprint density at radius 2 is 1.61 bits per heavy atom. The molecule has 2 atom stereocenters. The van der Waals surface area contributed by atoms with Crippen molar-refractivity contribution >= 4 is 11.9 Å². The molecule has 3 aromatic carbocycles. The maximum atomic E-state index is 12.6. The van der Waals surface area contributed by atoms with E-state index in [0.29, 0.717) is 0 Å². The topological polar surface area (TPSA) is 55.4 Å². The highest BCUT2D eigenvalue weighted by molar-refractivity contribution is 5.84. The number of rotatable bonds is 6. The van der Waals surface area contributed by atoms with Crippen molar-refractivity contribution in [3.8, 4) is 11.1 Å². The van der Waals surface area contributed by atoms with Crippen LogP contribution < -0.4 is 5.32 Å². The van der Waals surface area contributed by atoms with Crippen LogP contribution in [0.25, 0.3) is 11.1 Å². The predicted molar refractivity (Wildman–Crippen MR) is 121 cm³/mol. The number of aryl methyl sites for hydroxylation is 1. The van der Waals surface area contributed by atoms with E-state index in [1.165, 1.54) is 11.1 Å². The molecule has 158 valence electrons. The lowest BCUT2D eigenvalue weighted by Crippen LogP contribution is -2.39. The molecule has 4 rings (SSSR count). The second-order valence-corrected chi connectivity index (χ2v) is 8.02.